The summed E-state index contributed by atoms with van der Waals surface area (Å²) in [7, 11) is -1.77. The first-order valence-electron chi connectivity index (χ1n) is 10.9. The van der Waals surface area contributed by atoms with Gasteiger partial charge in [0.15, 0.2) is 9.84 Å². The number of carbonyl (C=O) groups is 1. The van der Waals surface area contributed by atoms with Gasteiger partial charge in [-0.2, -0.15) is 13.2 Å². The van der Waals surface area contributed by atoms with Gasteiger partial charge in [-0.15, -0.1) is 0 Å². The number of carbonyl (C=O) groups excluding carboxylic acids is 1. The summed E-state index contributed by atoms with van der Waals surface area (Å²) < 4.78 is 66.4. The lowest BCUT2D eigenvalue weighted by Gasteiger charge is -2.33. The molecule has 0 radical (unpaired) electrons. The topological polar surface area (TPSA) is 69.7 Å². The highest BCUT2D eigenvalue weighted by Crippen LogP contribution is 2.34. The molecule has 35 heavy (non-hydrogen) atoms. The van der Waals surface area contributed by atoms with Crippen molar-refractivity contribution < 1.29 is 26.4 Å². The second-order valence-corrected chi connectivity index (χ2v) is 11.5. The normalized spacial score (nSPS) is 15.9. The van der Waals surface area contributed by atoms with E-state index in [1.165, 1.54) is 31.2 Å². The predicted molar refractivity (Wildman–Crippen MR) is 130 cm³/mol. The second kappa shape index (κ2) is 11.0. The quantitative estimate of drug-likeness (QED) is 0.549. The largest absolute Gasteiger partial charge is 0.416 e. The van der Waals surface area contributed by atoms with Crippen LogP contribution in [0, 0.1) is 0 Å². The van der Waals surface area contributed by atoms with Crippen molar-refractivity contribution in [2.24, 2.45) is 0 Å². The molecular weight excluding hydrogens is 526 g/mol. The van der Waals surface area contributed by atoms with Gasteiger partial charge in [0, 0.05) is 49.9 Å². The molecule has 6 nitrogen and oxygen atoms in total. The van der Waals surface area contributed by atoms with Crippen LogP contribution >= 0.6 is 23.2 Å². The smallest absolute Gasteiger partial charge is 0.348 e. The number of amides is 1. The van der Waals surface area contributed by atoms with Gasteiger partial charge >= 0.3 is 6.18 Å². The van der Waals surface area contributed by atoms with Crippen LogP contribution in [0.3, 0.4) is 0 Å². The number of rotatable bonds is 7. The van der Waals surface area contributed by atoms with Gasteiger partial charge in [-0.1, -0.05) is 36.2 Å². The molecule has 1 fully saturated rings. The van der Waals surface area contributed by atoms with Crippen LogP contribution in [-0.2, 0) is 29.1 Å². The van der Waals surface area contributed by atoms with E-state index in [2.05, 4.69) is 10.2 Å². The maximum atomic E-state index is 13.8. The Bertz CT molecular complexity index is 1200. The lowest BCUT2D eigenvalue weighted by atomic mass is 10.0. The third-order valence-corrected chi connectivity index (χ3v) is 8.38. The van der Waals surface area contributed by atoms with E-state index in [-0.39, 0.29) is 50.5 Å². The Morgan fingerprint density at radius 2 is 1.71 bits per heavy atom. The minimum absolute atomic E-state index is 0.0868. The molecule has 2 aromatic carbocycles. The zero-order valence-corrected chi connectivity index (χ0v) is 21.6. The molecule has 192 valence electrons. The molecular formula is C23H26Cl2F3N3O3S. The Kier molecular flexibility index (Phi) is 8.75. The molecule has 0 bridgehead atoms. The third kappa shape index (κ3) is 6.89. The highest BCUT2D eigenvalue weighted by molar-refractivity contribution is 7.91. The van der Waals surface area contributed by atoms with E-state index < -0.39 is 27.5 Å². The first-order valence-corrected chi connectivity index (χ1v) is 13.3. The Morgan fingerprint density at radius 1 is 1.06 bits per heavy atom. The Morgan fingerprint density at radius 3 is 2.31 bits per heavy atom. The first-order chi connectivity index (χ1) is 16.3. The summed E-state index contributed by atoms with van der Waals surface area (Å²) in [5.74, 6) is -1.00. The Balaban J connectivity index is 1.83. The molecule has 1 aliphatic heterocycles. The zero-order chi connectivity index (χ0) is 26.0. The van der Waals surface area contributed by atoms with E-state index in [4.69, 9.17) is 23.2 Å². The number of sulfone groups is 1. The Labute approximate surface area is 212 Å². The molecule has 0 aromatic heterocycles. The van der Waals surface area contributed by atoms with Gasteiger partial charge in [0.2, 0.25) is 0 Å². The third-order valence-electron chi connectivity index (χ3n) is 5.88. The summed E-state index contributed by atoms with van der Waals surface area (Å²) >= 11 is 12.1. The summed E-state index contributed by atoms with van der Waals surface area (Å²) in [5, 5.41) is 2.57. The van der Waals surface area contributed by atoms with Crippen LogP contribution in [0.5, 0.6) is 0 Å². The van der Waals surface area contributed by atoms with Crippen LogP contribution < -0.4 is 5.32 Å². The summed E-state index contributed by atoms with van der Waals surface area (Å²) in [6.45, 7) is 4.14. The maximum Gasteiger partial charge on any atom is 0.416 e. The van der Waals surface area contributed by atoms with E-state index >= 15 is 0 Å². The first kappa shape index (κ1) is 27.7. The fraction of sp³-hybridized carbons (Fsp3) is 0.435. The SMILES string of the molecule is CCS(=O)(=O)c1c(Cl)cc(Cl)cc1CNC(=O)c1ccc(CN2CCN(C)CC2)c(C(F)(F)F)c1. The van der Waals surface area contributed by atoms with E-state index in [9.17, 15) is 26.4 Å². The number of nitrogens with one attached hydrogen (secondary N) is 1. The van der Waals surface area contributed by atoms with Crippen molar-refractivity contribution in [2.45, 2.75) is 31.1 Å². The van der Waals surface area contributed by atoms with E-state index in [0.717, 1.165) is 19.2 Å². The number of likely N-dealkylation sites (N-methyl/N-ethyl adjacent to an activating group) is 1. The fourth-order valence-corrected chi connectivity index (χ4v) is 5.95. The number of piperazine rings is 1. The molecule has 0 aliphatic carbocycles. The van der Waals surface area contributed by atoms with E-state index in [1.807, 2.05) is 11.9 Å². The van der Waals surface area contributed by atoms with Crippen LogP contribution in [0.1, 0.15) is 34.0 Å². The molecule has 1 amide bonds. The Hall–Kier alpha value is -1.85. The second-order valence-electron chi connectivity index (χ2n) is 8.41. The van der Waals surface area contributed by atoms with Gasteiger partial charge in [0.05, 0.1) is 21.2 Å². The molecule has 12 heteroatoms. The molecule has 1 N–H and O–H groups in total. The predicted octanol–water partition coefficient (Wildman–Crippen LogP) is 4.48. The molecule has 1 heterocycles. The zero-order valence-electron chi connectivity index (χ0n) is 19.3. The molecule has 0 saturated carbocycles. The number of hydrogen-bond donors (Lipinski definition) is 1. The molecule has 0 atom stereocenters. The van der Waals surface area contributed by atoms with E-state index in [0.29, 0.717) is 13.1 Å². The molecule has 0 unspecified atom stereocenters. The van der Waals surface area contributed by atoms with Gasteiger partial charge in [0.25, 0.3) is 5.91 Å². The molecule has 1 aliphatic rings. The van der Waals surface area contributed by atoms with Crippen LogP contribution in [-0.4, -0.2) is 63.1 Å². The van der Waals surface area contributed by atoms with Crippen molar-refractivity contribution in [3.8, 4) is 0 Å². The van der Waals surface area contributed by atoms with Crippen LogP contribution in [0.15, 0.2) is 35.2 Å². The van der Waals surface area contributed by atoms with Crippen molar-refractivity contribution in [1.29, 1.82) is 0 Å². The summed E-state index contributed by atoms with van der Waals surface area (Å²) in [6.07, 6.45) is -4.64. The van der Waals surface area contributed by atoms with Crippen molar-refractivity contribution >= 4 is 38.9 Å². The number of halogens is 5. The lowest BCUT2D eigenvalue weighted by Crippen LogP contribution is -2.44. The molecule has 3 rings (SSSR count). The molecule has 0 spiro atoms. The minimum Gasteiger partial charge on any atom is -0.348 e. The van der Waals surface area contributed by atoms with E-state index in [1.54, 1.807) is 0 Å². The highest BCUT2D eigenvalue weighted by atomic mass is 35.5. The fourth-order valence-electron chi connectivity index (χ4n) is 3.88. The van der Waals surface area contributed by atoms with Crippen molar-refractivity contribution in [3.63, 3.8) is 0 Å². The standard InChI is InChI=1S/C23H26Cl2F3N3O3S/c1-3-35(33,34)21-17(10-18(24)12-20(21)25)13-29-22(32)15-4-5-16(19(11-15)23(26,27)28)14-31-8-6-30(2)7-9-31/h4-5,10-12H,3,6-9,13-14H2,1-2H3,(H,29,32). The molecule has 2 aromatic rings. The number of nitrogens with zero attached hydrogens (tertiary/aromatic N) is 2. The minimum atomic E-state index is -4.64. The lowest BCUT2D eigenvalue weighted by molar-refractivity contribution is -0.138. The summed E-state index contributed by atoms with van der Waals surface area (Å²) in [4.78, 5) is 16.6. The number of hydrogen-bond acceptors (Lipinski definition) is 5. The highest BCUT2D eigenvalue weighted by Gasteiger charge is 2.34. The van der Waals surface area contributed by atoms with Crippen LogP contribution in [0.25, 0.3) is 0 Å². The average Bonchev–Trinajstić information content (AvgIpc) is 2.77. The van der Waals surface area contributed by atoms with Gasteiger partial charge in [-0.3, -0.25) is 9.69 Å². The number of alkyl halides is 3. The van der Waals surface area contributed by atoms with Crippen molar-refractivity contribution in [2.75, 3.05) is 39.0 Å². The van der Waals surface area contributed by atoms with Crippen molar-refractivity contribution in [3.05, 3.63) is 62.6 Å². The monoisotopic (exact) mass is 551 g/mol. The molecule has 1 saturated heterocycles. The van der Waals surface area contributed by atoms with Gasteiger partial charge in [-0.05, 0) is 42.4 Å². The van der Waals surface area contributed by atoms with Gasteiger partial charge in [0.1, 0.15) is 0 Å². The van der Waals surface area contributed by atoms with Crippen LogP contribution in [0.2, 0.25) is 10.0 Å². The number of benzene rings is 2. The van der Waals surface area contributed by atoms with Crippen LogP contribution in [0.4, 0.5) is 13.2 Å². The van der Waals surface area contributed by atoms with Crippen molar-refractivity contribution in [1.82, 2.24) is 15.1 Å². The average molecular weight is 552 g/mol. The van der Waals surface area contributed by atoms with Gasteiger partial charge < -0.3 is 10.2 Å². The summed E-state index contributed by atoms with van der Waals surface area (Å²) in [5.41, 5.74) is -0.811. The summed E-state index contributed by atoms with van der Waals surface area (Å²) in [6, 6.07) is 6.13. The van der Waals surface area contributed by atoms with Gasteiger partial charge in [-0.25, -0.2) is 8.42 Å². The maximum absolute atomic E-state index is 13.8.